The first-order chi connectivity index (χ1) is 9.25. The molecule has 0 aliphatic heterocycles. The van der Waals surface area contributed by atoms with Gasteiger partial charge in [0.25, 0.3) is 10.0 Å². The van der Waals surface area contributed by atoms with E-state index in [2.05, 4.69) is 4.98 Å². The van der Waals surface area contributed by atoms with Gasteiger partial charge < -0.3 is 4.42 Å². The van der Waals surface area contributed by atoms with Crippen LogP contribution in [-0.4, -0.2) is 20.4 Å². The summed E-state index contributed by atoms with van der Waals surface area (Å²) in [6.45, 7) is 0. The molecule has 0 fully saturated rings. The van der Waals surface area contributed by atoms with Crippen molar-refractivity contribution in [2.24, 2.45) is 0 Å². The number of furan rings is 1. The number of alkyl halides is 3. The Morgan fingerprint density at radius 3 is 2.55 bits per heavy atom. The lowest BCUT2D eigenvalue weighted by atomic mass is 10.2. The van der Waals surface area contributed by atoms with Gasteiger partial charge in [-0.3, -0.25) is 0 Å². The number of hydrogen-bond acceptors (Lipinski definition) is 4. The molecule has 0 spiro atoms. The Kier molecular flexibility index (Phi) is 3.57. The van der Waals surface area contributed by atoms with Crippen LogP contribution in [0.2, 0.25) is 0 Å². The first kappa shape index (κ1) is 14.5. The minimum absolute atomic E-state index is 0.0366. The first-order valence-corrected chi connectivity index (χ1v) is 6.79. The Labute approximate surface area is 112 Å². The molecule has 0 saturated heterocycles. The van der Waals surface area contributed by atoms with E-state index in [1.165, 1.54) is 19.2 Å². The van der Waals surface area contributed by atoms with E-state index in [4.69, 9.17) is 4.42 Å². The maximum absolute atomic E-state index is 12.6. The van der Waals surface area contributed by atoms with E-state index in [0.29, 0.717) is 0 Å². The van der Waals surface area contributed by atoms with Crippen LogP contribution >= 0.6 is 0 Å². The fourth-order valence-electron chi connectivity index (χ4n) is 1.53. The van der Waals surface area contributed by atoms with Crippen LogP contribution in [0.1, 0.15) is 5.69 Å². The maximum atomic E-state index is 12.6. The van der Waals surface area contributed by atoms with Gasteiger partial charge in [0.05, 0.1) is 17.5 Å². The van der Waals surface area contributed by atoms with E-state index in [9.17, 15) is 21.6 Å². The summed E-state index contributed by atoms with van der Waals surface area (Å²) >= 11 is 0. The Bertz CT molecular complexity index is 723. The molecule has 2 aromatic heterocycles. The van der Waals surface area contributed by atoms with Crippen molar-refractivity contribution < 1.29 is 26.0 Å². The average Bonchev–Trinajstić information content (AvgIpc) is 2.88. The average molecular weight is 306 g/mol. The van der Waals surface area contributed by atoms with Crippen molar-refractivity contribution in [2.75, 3.05) is 7.05 Å². The second-order valence-electron chi connectivity index (χ2n) is 3.74. The van der Waals surface area contributed by atoms with Gasteiger partial charge in [-0.2, -0.15) is 13.2 Å². The third-order valence-corrected chi connectivity index (χ3v) is 3.80. The summed E-state index contributed by atoms with van der Waals surface area (Å²) in [7, 11) is -2.75. The van der Waals surface area contributed by atoms with Gasteiger partial charge in [-0.1, -0.05) is 6.07 Å². The van der Waals surface area contributed by atoms with E-state index in [0.717, 1.165) is 18.4 Å². The molecule has 0 aliphatic rings. The number of nitrogens with one attached hydrogen (secondary N) is 1. The molecule has 108 valence electrons. The highest BCUT2D eigenvalue weighted by Gasteiger charge is 2.33. The van der Waals surface area contributed by atoms with Crippen LogP contribution in [0.5, 0.6) is 0 Å². The van der Waals surface area contributed by atoms with Gasteiger partial charge in [-0.25, -0.2) is 18.1 Å². The van der Waals surface area contributed by atoms with Crippen LogP contribution in [0.4, 0.5) is 13.2 Å². The van der Waals surface area contributed by atoms with Gasteiger partial charge in [0.15, 0.2) is 0 Å². The normalized spacial score (nSPS) is 12.6. The summed E-state index contributed by atoms with van der Waals surface area (Å²) in [5.41, 5.74) is -1.28. The van der Waals surface area contributed by atoms with Crippen LogP contribution in [0.15, 0.2) is 40.0 Å². The summed E-state index contributed by atoms with van der Waals surface area (Å²) in [5, 5.41) is -0.480. The lowest BCUT2D eigenvalue weighted by molar-refractivity contribution is -0.141. The molecule has 0 amide bonds. The highest BCUT2D eigenvalue weighted by atomic mass is 32.2. The summed E-state index contributed by atoms with van der Waals surface area (Å²) in [5.74, 6) is 0. The van der Waals surface area contributed by atoms with Crippen LogP contribution < -0.4 is 4.72 Å². The van der Waals surface area contributed by atoms with Gasteiger partial charge in [-0.05, 0) is 25.2 Å². The zero-order chi connectivity index (χ0) is 15.0. The third-order valence-electron chi connectivity index (χ3n) is 2.46. The Balaban J connectivity index is 2.57. The molecule has 2 aromatic rings. The smallest absolute Gasteiger partial charge is 0.433 e. The standard InChI is InChI=1S/C11H9F3N2O3S/c1-15-20(17,18)10-7(5-6-19-10)8-3-2-4-9(16-8)11(12,13)14/h2-6,15H,1H3. The fourth-order valence-corrected chi connectivity index (χ4v) is 2.36. The van der Waals surface area contributed by atoms with E-state index in [-0.39, 0.29) is 11.3 Å². The topological polar surface area (TPSA) is 72.2 Å². The molecule has 2 heterocycles. The molecular weight excluding hydrogens is 297 g/mol. The summed E-state index contributed by atoms with van der Waals surface area (Å²) < 4.78 is 68.0. The first-order valence-electron chi connectivity index (χ1n) is 5.31. The molecular formula is C11H9F3N2O3S. The SMILES string of the molecule is CNS(=O)(=O)c1occc1-c1cccc(C(F)(F)F)n1. The highest BCUT2D eigenvalue weighted by Crippen LogP contribution is 2.31. The van der Waals surface area contributed by atoms with Gasteiger partial charge in [0.1, 0.15) is 5.69 Å². The lowest BCUT2D eigenvalue weighted by Crippen LogP contribution is -2.18. The second-order valence-corrected chi connectivity index (χ2v) is 5.52. The van der Waals surface area contributed by atoms with Gasteiger partial charge in [-0.15, -0.1) is 0 Å². The number of aromatic nitrogens is 1. The van der Waals surface area contributed by atoms with Crippen LogP contribution in [-0.2, 0) is 16.2 Å². The van der Waals surface area contributed by atoms with Crippen molar-refractivity contribution in [3.63, 3.8) is 0 Å². The van der Waals surface area contributed by atoms with E-state index in [1.807, 2.05) is 4.72 Å². The largest absolute Gasteiger partial charge is 0.451 e. The van der Waals surface area contributed by atoms with E-state index < -0.39 is 27.0 Å². The van der Waals surface area contributed by atoms with E-state index >= 15 is 0 Å². The number of pyridine rings is 1. The Hall–Kier alpha value is -1.87. The lowest BCUT2D eigenvalue weighted by Gasteiger charge is -2.07. The molecule has 9 heteroatoms. The van der Waals surface area contributed by atoms with Crippen LogP contribution in [0, 0.1) is 0 Å². The quantitative estimate of drug-likeness (QED) is 0.944. The molecule has 0 aromatic carbocycles. The third kappa shape index (κ3) is 2.68. The number of hydrogen-bond donors (Lipinski definition) is 1. The maximum Gasteiger partial charge on any atom is 0.433 e. The molecule has 0 unspecified atom stereocenters. The van der Waals surface area contributed by atoms with Crippen molar-refractivity contribution in [3.05, 3.63) is 36.2 Å². The zero-order valence-corrected chi connectivity index (χ0v) is 10.9. The fraction of sp³-hybridized carbons (Fsp3) is 0.182. The Morgan fingerprint density at radius 1 is 1.25 bits per heavy atom. The number of rotatable bonds is 3. The van der Waals surface area contributed by atoms with Gasteiger partial charge in [0.2, 0.25) is 5.09 Å². The summed E-state index contributed by atoms with van der Waals surface area (Å²) in [6, 6.07) is 4.46. The highest BCUT2D eigenvalue weighted by molar-refractivity contribution is 7.89. The molecule has 5 nitrogen and oxygen atoms in total. The van der Waals surface area contributed by atoms with Crippen molar-refractivity contribution in [2.45, 2.75) is 11.3 Å². The predicted octanol–water partition coefficient (Wildman–Crippen LogP) is 2.27. The number of halogens is 3. The van der Waals surface area contributed by atoms with Crippen molar-refractivity contribution in [3.8, 4) is 11.3 Å². The van der Waals surface area contributed by atoms with Crippen molar-refractivity contribution in [1.82, 2.24) is 9.71 Å². The second kappa shape index (κ2) is 4.91. The summed E-state index contributed by atoms with van der Waals surface area (Å²) in [4.78, 5) is 3.42. The molecule has 0 aliphatic carbocycles. The minimum atomic E-state index is -4.61. The number of nitrogens with zero attached hydrogens (tertiary/aromatic N) is 1. The number of sulfonamides is 1. The molecule has 0 saturated carbocycles. The molecule has 0 atom stereocenters. The van der Waals surface area contributed by atoms with Gasteiger partial charge in [0, 0.05) is 0 Å². The minimum Gasteiger partial charge on any atom is -0.451 e. The molecule has 0 bridgehead atoms. The Morgan fingerprint density at radius 2 is 1.95 bits per heavy atom. The van der Waals surface area contributed by atoms with Gasteiger partial charge >= 0.3 is 6.18 Å². The molecule has 2 rings (SSSR count). The van der Waals surface area contributed by atoms with E-state index in [1.54, 1.807) is 0 Å². The molecule has 20 heavy (non-hydrogen) atoms. The van der Waals surface area contributed by atoms with Crippen molar-refractivity contribution >= 4 is 10.0 Å². The molecule has 0 radical (unpaired) electrons. The molecule has 1 N–H and O–H groups in total. The predicted molar refractivity (Wildman–Crippen MR) is 63.2 cm³/mol. The van der Waals surface area contributed by atoms with Crippen LogP contribution in [0.25, 0.3) is 11.3 Å². The summed E-state index contributed by atoms with van der Waals surface area (Å²) in [6.07, 6.45) is -3.54. The zero-order valence-electron chi connectivity index (χ0n) is 10.1. The van der Waals surface area contributed by atoms with Crippen molar-refractivity contribution in [1.29, 1.82) is 0 Å². The monoisotopic (exact) mass is 306 g/mol. The van der Waals surface area contributed by atoms with Crippen LogP contribution in [0.3, 0.4) is 0 Å².